The molecule has 1 unspecified atom stereocenters. The number of carbonyl (C=O) groups excluding carboxylic acids is 1. The number of nitrogens with one attached hydrogen (secondary N) is 1. The van der Waals surface area contributed by atoms with Gasteiger partial charge in [-0.05, 0) is 12.5 Å². The first kappa shape index (κ1) is 13.8. The number of amides is 1. The summed E-state index contributed by atoms with van der Waals surface area (Å²) in [5.41, 5.74) is 4.97. The fraction of sp³-hybridized carbons (Fsp3) is 0.182. The van der Waals surface area contributed by atoms with Crippen LogP contribution in [0.5, 0.6) is 0 Å². The smallest absolute Gasteiger partial charge is 0.304 e. The molecule has 0 spiro atoms. The topological polar surface area (TPSA) is 98.3 Å². The third-order valence-corrected chi connectivity index (χ3v) is 2.17. The summed E-state index contributed by atoms with van der Waals surface area (Å²) in [4.78, 5) is 21.0. The molecule has 0 aliphatic carbocycles. The van der Waals surface area contributed by atoms with Gasteiger partial charge in [0.05, 0.1) is 11.0 Å². The van der Waals surface area contributed by atoms with E-state index in [1.54, 1.807) is 0 Å². The fourth-order valence-electron chi connectivity index (χ4n) is 1.25. The number of nitro benzene ring substituents is 1. The van der Waals surface area contributed by atoms with Crippen LogP contribution in [0.15, 0.2) is 30.9 Å². The number of benzene rings is 1. The van der Waals surface area contributed by atoms with Crippen molar-refractivity contribution in [3.8, 4) is 0 Å². The molecule has 0 aromatic heterocycles. The van der Waals surface area contributed by atoms with Crippen molar-refractivity contribution in [2.45, 2.75) is 12.5 Å². The molecule has 7 heteroatoms. The number of hydrogen-bond acceptors (Lipinski definition) is 4. The monoisotopic (exact) mass is 253 g/mol. The highest BCUT2D eigenvalue weighted by Gasteiger charge is 2.16. The molecule has 0 bridgehead atoms. The molecule has 0 radical (unpaired) electrons. The quantitative estimate of drug-likeness (QED) is 0.472. The third-order valence-electron chi connectivity index (χ3n) is 2.17. The predicted molar refractivity (Wildman–Crippen MR) is 64.5 cm³/mol. The highest BCUT2D eigenvalue weighted by atomic mass is 19.1. The van der Waals surface area contributed by atoms with Gasteiger partial charge in [0.25, 0.3) is 0 Å². The van der Waals surface area contributed by atoms with Crippen LogP contribution >= 0.6 is 0 Å². The summed E-state index contributed by atoms with van der Waals surface area (Å²) >= 11 is 0. The molecule has 18 heavy (non-hydrogen) atoms. The first-order valence-electron chi connectivity index (χ1n) is 5.07. The van der Waals surface area contributed by atoms with Crippen LogP contribution in [-0.2, 0) is 4.79 Å². The summed E-state index contributed by atoms with van der Waals surface area (Å²) in [5.74, 6) is -1.53. The van der Waals surface area contributed by atoms with E-state index in [0.717, 1.165) is 12.1 Å². The number of carbonyl (C=O) groups is 1. The van der Waals surface area contributed by atoms with Gasteiger partial charge < -0.3 is 11.1 Å². The van der Waals surface area contributed by atoms with Gasteiger partial charge in [-0.2, -0.15) is 4.39 Å². The molecule has 3 N–H and O–H groups in total. The highest BCUT2D eigenvalue weighted by molar-refractivity contribution is 5.94. The first-order valence-corrected chi connectivity index (χ1v) is 5.07. The van der Waals surface area contributed by atoms with Gasteiger partial charge in [0, 0.05) is 17.8 Å². The summed E-state index contributed by atoms with van der Waals surface area (Å²) < 4.78 is 13.3. The second kappa shape index (κ2) is 5.87. The van der Waals surface area contributed by atoms with Gasteiger partial charge in [-0.1, -0.05) is 6.08 Å². The zero-order chi connectivity index (χ0) is 13.7. The van der Waals surface area contributed by atoms with Crippen LogP contribution in [-0.4, -0.2) is 16.9 Å². The molecule has 0 aliphatic rings. The molecule has 0 saturated heterocycles. The molecule has 1 amide bonds. The Morgan fingerprint density at radius 3 is 2.83 bits per heavy atom. The van der Waals surface area contributed by atoms with Crippen LogP contribution in [0.4, 0.5) is 15.8 Å². The lowest BCUT2D eigenvalue weighted by atomic mass is 10.2. The van der Waals surface area contributed by atoms with E-state index in [0.29, 0.717) is 0 Å². The average molecular weight is 253 g/mol. The number of halogens is 1. The zero-order valence-corrected chi connectivity index (χ0v) is 9.43. The van der Waals surface area contributed by atoms with E-state index in [2.05, 4.69) is 11.9 Å². The second-order valence-electron chi connectivity index (χ2n) is 3.54. The van der Waals surface area contributed by atoms with E-state index in [1.165, 1.54) is 12.1 Å². The Morgan fingerprint density at radius 2 is 2.33 bits per heavy atom. The molecule has 1 atom stereocenters. The molecule has 96 valence electrons. The molecule has 0 fully saturated rings. The highest BCUT2D eigenvalue weighted by Crippen LogP contribution is 2.20. The fourth-order valence-corrected chi connectivity index (χ4v) is 1.25. The Balaban J connectivity index is 2.80. The maximum atomic E-state index is 13.3. The minimum atomic E-state index is -1.02. The van der Waals surface area contributed by atoms with Crippen LogP contribution in [0.1, 0.15) is 6.42 Å². The summed E-state index contributed by atoms with van der Waals surface area (Å²) in [7, 11) is 0. The van der Waals surface area contributed by atoms with Crippen molar-refractivity contribution in [2.24, 2.45) is 5.73 Å². The molecule has 6 nitrogen and oxygen atoms in total. The van der Waals surface area contributed by atoms with Crippen molar-refractivity contribution in [3.05, 3.63) is 46.8 Å². The number of hydrogen-bond donors (Lipinski definition) is 2. The molecule has 0 heterocycles. The zero-order valence-electron chi connectivity index (χ0n) is 9.43. The molecular formula is C11H12FN3O3. The summed E-state index contributed by atoms with van der Waals surface area (Å²) in [6, 6.07) is 2.29. The maximum Gasteiger partial charge on any atom is 0.304 e. The van der Waals surface area contributed by atoms with Gasteiger partial charge in [-0.25, -0.2) is 0 Å². The summed E-state index contributed by atoms with van der Waals surface area (Å²) in [6.07, 6.45) is 1.77. The number of anilines is 1. The van der Waals surface area contributed by atoms with E-state index in [4.69, 9.17) is 5.73 Å². The van der Waals surface area contributed by atoms with Crippen molar-refractivity contribution in [3.63, 3.8) is 0 Å². The molecular weight excluding hydrogens is 241 g/mol. The van der Waals surface area contributed by atoms with Gasteiger partial charge in [-0.3, -0.25) is 14.9 Å². The normalized spacial score (nSPS) is 11.7. The van der Waals surface area contributed by atoms with Gasteiger partial charge in [0.15, 0.2) is 0 Å². The van der Waals surface area contributed by atoms with Gasteiger partial charge in [0.2, 0.25) is 11.7 Å². The predicted octanol–water partition coefficient (Wildman–Crippen LogP) is 1.58. The van der Waals surface area contributed by atoms with Gasteiger partial charge >= 0.3 is 5.69 Å². The van der Waals surface area contributed by atoms with Crippen molar-refractivity contribution in [1.29, 1.82) is 0 Å². The molecule has 1 aromatic carbocycles. The first-order chi connectivity index (χ1) is 8.45. The average Bonchev–Trinajstić information content (AvgIpc) is 2.28. The standard InChI is InChI=1S/C11H12FN3O3/c1-2-3-9(13)11(16)14-7-4-5-10(15(17)18)8(12)6-7/h2,4-6,9H,1,3,13H2,(H,14,16). The lowest BCUT2D eigenvalue weighted by Crippen LogP contribution is -2.35. The molecule has 1 rings (SSSR count). The maximum absolute atomic E-state index is 13.3. The Morgan fingerprint density at radius 1 is 1.67 bits per heavy atom. The van der Waals surface area contributed by atoms with Crippen LogP contribution < -0.4 is 11.1 Å². The van der Waals surface area contributed by atoms with Crippen molar-refractivity contribution in [1.82, 2.24) is 0 Å². The van der Waals surface area contributed by atoms with Crippen LogP contribution in [0, 0.1) is 15.9 Å². The van der Waals surface area contributed by atoms with Gasteiger partial charge in [-0.15, -0.1) is 6.58 Å². The number of rotatable bonds is 5. The van der Waals surface area contributed by atoms with Crippen LogP contribution in [0.3, 0.4) is 0 Å². The Hall–Kier alpha value is -2.28. The molecule has 0 aliphatic heterocycles. The SMILES string of the molecule is C=CCC(N)C(=O)Nc1ccc([N+](=O)[O-])c(F)c1. The lowest BCUT2D eigenvalue weighted by Gasteiger charge is -2.10. The van der Waals surface area contributed by atoms with Gasteiger partial charge in [0.1, 0.15) is 0 Å². The Bertz CT molecular complexity index is 490. The van der Waals surface area contributed by atoms with E-state index in [1.807, 2.05) is 0 Å². The lowest BCUT2D eigenvalue weighted by molar-refractivity contribution is -0.387. The number of nitro groups is 1. The van der Waals surface area contributed by atoms with E-state index in [9.17, 15) is 19.3 Å². The van der Waals surface area contributed by atoms with E-state index < -0.39 is 28.4 Å². The van der Waals surface area contributed by atoms with E-state index in [-0.39, 0.29) is 12.1 Å². The largest absolute Gasteiger partial charge is 0.325 e. The van der Waals surface area contributed by atoms with Crippen LogP contribution in [0.25, 0.3) is 0 Å². The minimum absolute atomic E-state index is 0.114. The Labute approximate surface area is 102 Å². The van der Waals surface area contributed by atoms with Crippen LogP contribution in [0.2, 0.25) is 0 Å². The Kier molecular flexibility index (Phi) is 4.50. The summed E-state index contributed by atoms with van der Waals surface area (Å²) in [5, 5.41) is 12.8. The number of nitrogens with two attached hydrogens (primary N) is 1. The summed E-state index contributed by atoms with van der Waals surface area (Å²) in [6.45, 7) is 3.44. The third kappa shape index (κ3) is 3.36. The van der Waals surface area contributed by atoms with Crippen molar-refractivity contribution in [2.75, 3.05) is 5.32 Å². The number of nitrogens with zero attached hydrogens (tertiary/aromatic N) is 1. The second-order valence-corrected chi connectivity index (χ2v) is 3.54. The molecule has 0 saturated carbocycles. The van der Waals surface area contributed by atoms with E-state index >= 15 is 0 Å². The van der Waals surface area contributed by atoms with Crippen molar-refractivity contribution < 1.29 is 14.1 Å². The molecule has 1 aromatic rings. The van der Waals surface area contributed by atoms with Crippen molar-refractivity contribution >= 4 is 17.3 Å². The minimum Gasteiger partial charge on any atom is -0.325 e.